The Balaban J connectivity index is 0.00000220. The first-order chi connectivity index (χ1) is 9.27. The number of hydrogen-bond donors (Lipinski definition) is 2. The van der Waals surface area contributed by atoms with Crippen molar-refractivity contribution in [1.82, 2.24) is 0 Å². The van der Waals surface area contributed by atoms with Crippen LogP contribution in [0, 0.1) is 0 Å². The van der Waals surface area contributed by atoms with Gasteiger partial charge in [-0.2, -0.15) is 8.42 Å². The van der Waals surface area contributed by atoms with E-state index in [0.29, 0.717) is 5.02 Å². The third-order valence-corrected chi connectivity index (χ3v) is 3.72. The van der Waals surface area contributed by atoms with Gasteiger partial charge in [-0.3, -0.25) is 4.55 Å². The van der Waals surface area contributed by atoms with Gasteiger partial charge in [-0.1, -0.05) is 23.2 Å². The maximum absolute atomic E-state index is 11.3. The Labute approximate surface area is 154 Å². The molecule has 107 valence electrons. The molecule has 0 heterocycles. The van der Waals surface area contributed by atoms with E-state index < -0.39 is 15.0 Å². The molecule has 0 bridgehead atoms. The average Bonchev–Trinajstić information content (AvgIpc) is 2.33. The summed E-state index contributed by atoms with van der Waals surface area (Å²) >= 11 is 11.5. The molecule has 2 rings (SSSR count). The molecule has 1 radical (unpaired) electrons. The Hall–Kier alpha value is -0.470. The summed E-state index contributed by atoms with van der Waals surface area (Å²) < 4.78 is 37.2. The van der Waals surface area contributed by atoms with Gasteiger partial charge in [-0.05, 0) is 36.4 Å². The van der Waals surface area contributed by atoms with Gasteiger partial charge in [0.1, 0.15) is 16.4 Å². The molecule has 0 aliphatic carbocycles. The molecule has 0 aromatic heterocycles. The molecular weight excluding hydrogens is 348 g/mol. The minimum Gasteiger partial charge on any atom is -0.454 e. The molecule has 0 saturated carbocycles. The smallest absolute Gasteiger partial charge is 0.298 e. The van der Waals surface area contributed by atoms with Gasteiger partial charge in [-0.25, -0.2) is 0 Å². The van der Waals surface area contributed by atoms with Crippen LogP contribution < -0.4 is 10.5 Å². The van der Waals surface area contributed by atoms with E-state index in [1.165, 1.54) is 30.3 Å². The van der Waals surface area contributed by atoms with Crippen LogP contribution >= 0.6 is 23.2 Å². The zero-order chi connectivity index (χ0) is 14.9. The van der Waals surface area contributed by atoms with Crippen molar-refractivity contribution in [2.75, 3.05) is 5.73 Å². The topological polar surface area (TPSA) is 89.6 Å². The summed E-state index contributed by atoms with van der Waals surface area (Å²) in [5, 5.41) is 0.565. The van der Waals surface area contributed by atoms with Crippen molar-refractivity contribution in [2.24, 2.45) is 0 Å². The number of nitrogens with two attached hydrogens (primary N) is 1. The maximum atomic E-state index is 11.3. The summed E-state index contributed by atoms with van der Waals surface area (Å²) in [6, 6.07) is 8.31. The molecule has 5 nitrogen and oxygen atoms in total. The quantitative estimate of drug-likeness (QED) is 0.500. The molecule has 21 heavy (non-hydrogen) atoms. The molecule has 0 unspecified atom stereocenters. The first-order valence-corrected chi connectivity index (χ1v) is 7.47. The Morgan fingerprint density at radius 1 is 1.00 bits per heavy atom. The minimum atomic E-state index is -4.47. The van der Waals surface area contributed by atoms with Crippen LogP contribution in [0.4, 0.5) is 5.69 Å². The van der Waals surface area contributed by atoms with E-state index in [4.69, 9.17) is 38.2 Å². The first-order valence-electron chi connectivity index (χ1n) is 5.27. The van der Waals surface area contributed by atoms with Crippen molar-refractivity contribution >= 4 is 68.6 Å². The number of anilines is 1. The summed E-state index contributed by atoms with van der Waals surface area (Å²) in [5.41, 5.74) is 5.94. The third kappa shape index (κ3) is 4.75. The van der Waals surface area contributed by atoms with Crippen molar-refractivity contribution in [2.45, 2.75) is 4.90 Å². The second-order valence-electron chi connectivity index (χ2n) is 3.85. The van der Waals surface area contributed by atoms with Gasteiger partial charge in [0.15, 0.2) is 0 Å². The van der Waals surface area contributed by atoms with Crippen LogP contribution in [0.15, 0.2) is 41.3 Å². The number of ether oxygens (including phenoxy) is 1. The Kier molecular flexibility index (Phi) is 6.36. The fraction of sp³-hybridized carbons (Fsp3) is 0. The van der Waals surface area contributed by atoms with E-state index in [1.807, 2.05) is 0 Å². The van der Waals surface area contributed by atoms with Crippen molar-refractivity contribution in [3.8, 4) is 11.5 Å². The van der Waals surface area contributed by atoms with Gasteiger partial charge < -0.3 is 10.5 Å². The normalized spacial score (nSPS) is 10.8. The molecule has 0 atom stereocenters. The Bertz CT molecular complexity index is 768. The van der Waals surface area contributed by atoms with Crippen LogP contribution in [0.5, 0.6) is 11.5 Å². The van der Waals surface area contributed by atoms with Crippen molar-refractivity contribution in [3.05, 3.63) is 46.4 Å². The van der Waals surface area contributed by atoms with Crippen LogP contribution in [0.25, 0.3) is 0 Å². The zero-order valence-corrected chi connectivity index (χ0v) is 15.2. The summed E-state index contributed by atoms with van der Waals surface area (Å²) in [5.74, 6) is 0.118. The van der Waals surface area contributed by atoms with E-state index in [2.05, 4.69) is 0 Å². The third-order valence-electron chi connectivity index (χ3n) is 2.38. The van der Waals surface area contributed by atoms with Crippen LogP contribution in [0.2, 0.25) is 10.0 Å². The predicted molar refractivity (Wildman–Crippen MR) is 83.0 cm³/mol. The number of nitrogen functional groups attached to an aromatic ring is 1. The van der Waals surface area contributed by atoms with Crippen LogP contribution in [-0.2, 0) is 10.1 Å². The molecule has 0 amide bonds. The van der Waals surface area contributed by atoms with E-state index >= 15 is 0 Å². The molecule has 3 N–H and O–H groups in total. The largest absolute Gasteiger partial charge is 0.454 e. The molecular formula is C12H9Cl2NNaO4S. The van der Waals surface area contributed by atoms with E-state index in [-0.39, 0.29) is 51.8 Å². The molecule has 2 aromatic carbocycles. The Morgan fingerprint density at radius 3 is 2.05 bits per heavy atom. The summed E-state index contributed by atoms with van der Waals surface area (Å²) in [7, 11) is -4.47. The standard InChI is InChI=1S/C12H9Cl2NO4S.Na/c13-7-1-3-10(9(15)5-7)19-11-4-2-8(14)6-12(11)20(16,17)18;/h1-6H,15H2,(H,16,17,18);. The molecule has 0 aliphatic heterocycles. The minimum absolute atomic E-state index is 0. The molecule has 0 aliphatic rings. The van der Waals surface area contributed by atoms with E-state index in [1.54, 1.807) is 0 Å². The SMILES string of the molecule is Nc1cc(Cl)ccc1Oc1ccc(Cl)cc1S(=O)(=O)O.[Na]. The number of benzene rings is 2. The van der Waals surface area contributed by atoms with Crippen molar-refractivity contribution in [1.29, 1.82) is 0 Å². The van der Waals surface area contributed by atoms with Gasteiger partial charge in [-0.15, -0.1) is 0 Å². The van der Waals surface area contributed by atoms with Gasteiger partial charge in [0.25, 0.3) is 10.1 Å². The maximum Gasteiger partial charge on any atom is 0.298 e. The second-order valence-corrected chi connectivity index (χ2v) is 6.11. The first kappa shape index (κ1) is 18.6. The fourth-order valence-electron chi connectivity index (χ4n) is 1.50. The van der Waals surface area contributed by atoms with Crippen LogP contribution in [-0.4, -0.2) is 42.5 Å². The van der Waals surface area contributed by atoms with E-state index in [0.717, 1.165) is 6.07 Å². The summed E-state index contributed by atoms with van der Waals surface area (Å²) in [4.78, 5) is -0.445. The van der Waals surface area contributed by atoms with Gasteiger partial charge in [0.2, 0.25) is 0 Å². The zero-order valence-electron chi connectivity index (χ0n) is 10.9. The molecule has 0 saturated heterocycles. The summed E-state index contributed by atoms with van der Waals surface area (Å²) in [6.45, 7) is 0. The molecule has 0 spiro atoms. The molecule has 9 heteroatoms. The molecule has 2 aromatic rings. The van der Waals surface area contributed by atoms with Gasteiger partial charge in [0.05, 0.1) is 5.69 Å². The van der Waals surface area contributed by atoms with Gasteiger partial charge >= 0.3 is 0 Å². The fourth-order valence-corrected chi connectivity index (χ4v) is 2.56. The number of rotatable bonds is 3. The Morgan fingerprint density at radius 2 is 1.52 bits per heavy atom. The van der Waals surface area contributed by atoms with E-state index in [9.17, 15) is 8.42 Å². The van der Waals surface area contributed by atoms with Gasteiger partial charge in [0, 0.05) is 39.6 Å². The molecule has 0 fully saturated rings. The van der Waals surface area contributed by atoms with Crippen molar-refractivity contribution in [3.63, 3.8) is 0 Å². The predicted octanol–water partition coefficient (Wildman–Crippen LogP) is 3.23. The van der Waals surface area contributed by atoms with Crippen molar-refractivity contribution < 1.29 is 17.7 Å². The number of halogens is 2. The van der Waals surface area contributed by atoms with Crippen LogP contribution in [0.1, 0.15) is 0 Å². The monoisotopic (exact) mass is 356 g/mol. The van der Waals surface area contributed by atoms with Crippen LogP contribution in [0.3, 0.4) is 0 Å². The number of hydrogen-bond acceptors (Lipinski definition) is 4. The summed E-state index contributed by atoms with van der Waals surface area (Å²) in [6.07, 6.45) is 0. The average molecular weight is 357 g/mol. The second kappa shape index (κ2) is 7.19.